The topological polar surface area (TPSA) is 33.3 Å². The van der Waals surface area contributed by atoms with Crippen molar-refractivity contribution in [3.05, 3.63) is 59.7 Å². The number of hydrogen-bond donors (Lipinski definition) is 2. The molecule has 3 nitrogen and oxygen atoms in total. The summed E-state index contributed by atoms with van der Waals surface area (Å²) in [6.45, 7) is 9.02. The van der Waals surface area contributed by atoms with Crippen molar-refractivity contribution in [1.29, 1.82) is 0 Å². The molecule has 0 saturated heterocycles. The molecule has 1 atom stereocenters. The van der Waals surface area contributed by atoms with Crippen LogP contribution in [0.15, 0.2) is 48.5 Å². The van der Waals surface area contributed by atoms with Crippen LogP contribution in [0.4, 0.5) is 5.69 Å². The molecule has 0 aliphatic rings. The number of thiocarbonyl (C=S) groups is 1. The van der Waals surface area contributed by atoms with Gasteiger partial charge in [-0.2, -0.15) is 0 Å². The SMILES string of the molecule is Cc1ccccc1OCC(C)NC(=S)Nc1ccc(C(C)C)cc1. The highest BCUT2D eigenvalue weighted by atomic mass is 32.1. The molecule has 0 fully saturated rings. The van der Waals surface area contributed by atoms with Crippen LogP contribution in [-0.2, 0) is 0 Å². The summed E-state index contributed by atoms with van der Waals surface area (Å²) < 4.78 is 5.84. The molecular formula is C20H26N2OS. The van der Waals surface area contributed by atoms with Crippen LogP contribution in [0.5, 0.6) is 5.75 Å². The van der Waals surface area contributed by atoms with Gasteiger partial charge in [-0.25, -0.2) is 0 Å². The zero-order valence-corrected chi connectivity index (χ0v) is 15.6. The Morgan fingerprint density at radius 1 is 1.04 bits per heavy atom. The van der Waals surface area contributed by atoms with Gasteiger partial charge in [-0.3, -0.25) is 0 Å². The van der Waals surface area contributed by atoms with Crippen LogP contribution >= 0.6 is 12.2 Å². The van der Waals surface area contributed by atoms with Gasteiger partial charge >= 0.3 is 0 Å². The highest BCUT2D eigenvalue weighted by molar-refractivity contribution is 7.80. The molecule has 0 heterocycles. The van der Waals surface area contributed by atoms with E-state index in [-0.39, 0.29) is 6.04 Å². The summed E-state index contributed by atoms with van der Waals surface area (Å²) >= 11 is 5.38. The fourth-order valence-electron chi connectivity index (χ4n) is 2.32. The maximum absolute atomic E-state index is 5.84. The molecule has 0 spiro atoms. The maximum Gasteiger partial charge on any atom is 0.171 e. The van der Waals surface area contributed by atoms with Crippen molar-refractivity contribution in [1.82, 2.24) is 5.32 Å². The summed E-state index contributed by atoms with van der Waals surface area (Å²) in [7, 11) is 0. The lowest BCUT2D eigenvalue weighted by Crippen LogP contribution is -2.39. The molecule has 2 aromatic rings. The number of benzene rings is 2. The van der Waals surface area contributed by atoms with Crippen LogP contribution in [0.1, 0.15) is 37.8 Å². The van der Waals surface area contributed by atoms with E-state index >= 15 is 0 Å². The molecule has 0 aliphatic carbocycles. The maximum atomic E-state index is 5.84. The highest BCUT2D eigenvalue weighted by Gasteiger charge is 2.07. The van der Waals surface area contributed by atoms with Crippen molar-refractivity contribution in [3.8, 4) is 5.75 Å². The van der Waals surface area contributed by atoms with E-state index in [2.05, 4.69) is 48.7 Å². The van der Waals surface area contributed by atoms with Crippen molar-refractivity contribution >= 4 is 23.0 Å². The number of hydrogen-bond acceptors (Lipinski definition) is 2. The summed E-state index contributed by atoms with van der Waals surface area (Å²) in [5.74, 6) is 1.44. The van der Waals surface area contributed by atoms with E-state index in [1.165, 1.54) is 5.56 Å². The standard InChI is InChI=1S/C20H26N2OS/c1-14(2)17-9-11-18(12-10-17)22-20(24)21-16(4)13-23-19-8-6-5-7-15(19)3/h5-12,14,16H,13H2,1-4H3,(H2,21,22,24). The Balaban J connectivity index is 1.80. The summed E-state index contributed by atoms with van der Waals surface area (Å²) in [5, 5.41) is 7.07. The molecule has 0 aliphatic heterocycles. The Morgan fingerprint density at radius 3 is 2.33 bits per heavy atom. The first-order valence-electron chi connectivity index (χ1n) is 8.31. The van der Waals surface area contributed by atoms with Crippen LogP contribution in [0.2, 0.25) is 0 Å². The van der Waals surface area contributed by atoms with Crippen molar-refractivity contribution in [2.45, 2.75) is 39.7 Å². The van der Waals surface area contributed by atoms with Crippen molar-refractivity contribution in [3.63, 3.8) is 0 Å². The molecular weight excluding hydrogens is 316 g/mol. The number of nitrogens with one attached hydrogen (secondary N) is 2. The van der Waals surface area contributed by atoms with Crippen LogP contribution in [-0.4, -0.2) is 17.8 Å². The van der Waals surface area contributed by atoms with Gasteiger partial charge in [-0.1, -0.05) is 44.2 Å². The summed E-state index contributed by atoms with van der Waals surface area (Å²) in [6, 6.07) is 16.5. The molecule has 24 heavy (non-hydrogen) atoms. The number of para-hydroxylation sites is 1. The molecule has 0 bridgehead atoms. The lowest BCUT2D eigenvalue weighted by molar-refractivity contribution is 0.285. The first kappa shape index (κ1) is 18.3. The molecule has 0 amide bonds. The van der Waals surface area contributed by atoms with E-state index in [1.807, 2.05) is 38.1 Å². The smallest absolute Gasteiger partial charge is 0.171 e. The quantitative estimate of drug-likeness (QED) is 0.734. The number of ether oxygens (including phenoxy) is 1. The molecule has 0 radical (unpaired) electrons. The molecule has 0 aromatic heterocycles. The van der Waals surface area contributed by atoms with Crippen LogP contribution in [0.25, 0.3) is 0 Å². The molecule has 2 aromatic carbocycles. The van der Waals surface area contributed by atoms with Crippen LogP contribution < -0.4 is 15.4 Å². The average Bonchev–Trinajstić information content (AvgIpc) is 2.54. The van der Waals surface area contributed by atoms with Gasteiger partial charge in [0.05, 0.1) is 6.04 Å². The minimum Gasteiger partial charge on any atom is -0.491 e. The zero-order valence-electron chi connectivity index (χ0n) is 14.8. The van der Waals surface area contributed by atoms with E-state index in [4.69, 9.17) is 17.0 Å². The minimum atomic E-state index is 0.111. The van der Waals surface area contributed by atoms with E-state index in [9.17, 15) is 0 Å². The molecule has 4 heteroatoms. The van der Waals surface area contributed by atoms with E-state index in [0.29, 0.717) is 17.6 Å². The lowest BCUT2D eigenvalue weighted by atomic mass is 10.0. The minimum absolute atomic E-state index is 0.111. The number of rotatable bonds is 6. The fourth-order valence-corrected chi connectivity index (χ4v) is 2.64. The summed E-state index contributed by atoms with van der Waals surface area (Å²) in [4.78, 5) is 0. The monoisotopic (exact) mass is 342 g/mol. The normalized spacial score (nSPS) is 11.9. The molecule has 128 valence electrons. The first-order chi connectivity index (χ1) is 11.5. The number of anilines is 1. The van der Waals surface area contributed by atoms with Gasteiger partial charge in [0, 0.05) is 5.69 Å². The first-order valence-corrected chi connectivity index (χ1v) is 8.72. The molecule has 2 rings (SSSR count). The van der Waals surface area contributed by atoms with Crippen molar-refractivity contribution in [2.75, 3.05) is 11.9 Å². The second-order valence-electron chi connectivity index (χ2n) is 6.35. The Bertz CT molecular complexity index is 668. The van der Waals surface area contributed by atoms with Crippen LogP contribution in [0.3, 0.4) is 0 Å². The van der Waals surface area contributed by atoms with Gasteiger partial charge < -0.3 is 15.4 Å². The third kappa shape index (κ3) is 5.53. The van der Waals surface area contributed by atoms with E-state index in [1.54, 1.807) is 0 Å². The predicted octanol–water partition coefficient (Wildman–Crippen LogP) is 4.87. The Morgan fingerprint density at radius 2 is 1.71 bits per heavy atom. The van der Waals surface area contributed by atoms with Gasteiger partial charge in [-0.15, -0.1) is 0 Å². The Hall–Kier alpha value is -2.07. The summed E-state index contributed by atoms with van der Waals surface area (Å²) in [6.07, 6.45) is 0. The largest absolute Gasteiger partial charge is 0.491 e. The predicted molar refractivity (Wildman–Crippen MR) is 106 cm³/mol. The molecule has 1 unspecified atom stereocenters. The van der Waals surface area contributed by atoms with Gasteiger partial charge in [0.2, 0.25) is 0 Å². The molecule has 2 N–H and O–H groups in total. The van der Waals surface area contributed by atoms with Gasteiger partial charge in [0.15, 0.2) is 5.11 Å². The second-order valence-corrected chi connectivity index (χ2v) is 6.76. The van der Waals surface area contributed by atoms with Crippen molar-refractivity contribution < 1.29 is 4.74 Å². The zero-order chi connectivity index (χ0) is 17.5. The third-order valence-electron chi connectivity index (χ3n) is 3.80. The van der Waals surface area contributed by atoms with Gasteiger partial charge in [0.25, 0.3) is 0 Å². The van der Waals surface area contributed by atoms with Gasteiger partial charge in [-0.05, 0) is 61.3 Å². The van der Waals surface area contributed by atoms with Crippen molar-refractivity contribution in [2.24, 2.45) is 0 Å². The van der Waals surface area contributed by atoms with Gasteiger partial charge in [0.1, 0.15) is 12.4 Å². The van der Waals surface area contributed by atoms with Crippen LogP contribution in [0, 0.1) is 6.92 Å². The van der Waals surface area contributed by atoms with E-state index < -0.39 is 0 Å². The molecule has 0 saturated carbocycles. The van der Waals surface area contributed by atoms with E-state index in [0.717, 1.165) is 17.0 Å². The Kier molecular flexibility index (Phi) is 6.62. The third-order valence-corrected chi connectivity index (χ3v) is 4.02. The average molecular weight is 343 g/mol. The lowest BCUT2D eigenvalue weighted by Gasteiger charge is -2.18. The second kappa shape index (κ2) is 8.69. The number of aryl methyl sites for hydroxylation is 1. The Labute approximate surface area is 150 Å². The highest BCUT2D eigenvalue weighted by Crippen LogP contribution is 2.17. The fraction of sp³-hybridized carbons (Fsp3) is 0.350. The summed E-state index contributed by atoms with van der Waals surface area (Å²) in [5.41, 5.74) is 3.44.